The van der Waals surface area contributed by atoms with Crippen LogP contribution >= 0.6 is 0 Å². The number of phenols is 1. The number of carboxylic acids is 1. The summed E-state index contributed by atoms with van der Waals surface area (Å²) in [5.41, 5.74) is 0.0269. The van der Waals surface area contributed by atoms with Gasteiger partial charge in [0, 0.05) is 24.2 Å². The van der Waals surface area contributed by atoms with Crippen LogP contribution in [0.5, 0.6) is 5.75 Å². The van der Waals surface area contributed by atoms with E-state index in [1.807, 2.05) is 0 Å². The number of amides is 1. The summed E-state index contributed by atoms with van der Waals surface area (Å²) in [6, 6.07) is 3.68. The van der Waals surface area contributed by atoms with Crippen molar-refractivity contribution in [3.63, 3.8) is 0 Å². The van der Waals surface area contributed by atoms with Crippen LogP contribution < -0.4 is 10.4 Å². The number of carbonyl (C=O) groups is 2. The largest absolute Gasteiger partial charge is 2.00 e. The summed E-state index contributed by atoms with van der Waals surface area (Å²) in [6.45, 7) is 1.31. The molecular formula is C9H15CaNO8. The second-order valence-corrected chi connectivity index (χ2v) is 2.70. The SMILES string of the molecule is CC(=O)Nc1ccc(C(=O)[O-])c(O)c1.O.O.O.[Ca+2].[OH-]. The Bertz CT molecular complexity index is 398. The Morgan fingerprint density at radius 2 is 1.68 bits per heavy atom. The second-order valence-electron chi connectivity index (χ2n) is 2.70. The van der Waals surface area contributed by atoms with Crippen molar-refractivity contribution in [2.45, 2.75) is 6.92 Å². The summed E-state index contributed by atoms with van der Waals surface area (Å²) in [7, 11) is 0. The fraction of sp³-hybridized carbons (Fsp3) is 0.111. The van der Waals surface area contributed by atoms with Gasteiger partial charge in [0.15, 0.2) is 0 Å². The third-order valence-electron chi connectivity index (χ3n) is 1.54. The summed E-state index contributed by atoms with van der Waals surface area (Å²) < 4.78 is 0. The van der Waals surface area contributed by atoms with Crippen molar-refractivity contribution in [3.05, 3.63) is 23.8 Å². The standard InChI is InChI=1S/C9H9NO4.Ca.4H2O/c1-5(11)10-6-2-3-7(9(13)14)8(12)4-6;;;;;/h2-4,12H,1H3,(H,10,11)(H,13,14);;4*1H2/q;+2;;;;/p-2. The molecule has 0 aliphatic heterocycles. The average molecular weight is 305 g/mol. The van der Waals surface area contributed by atoms with Gasteiger partial charge in [-0.15, -0.1) is 0 Å². The van der Waals surface area contributed by atoms with Gasteiger partial charge in [-0.3, -0.25) is 4.79 Å². The number of rotatable bonds is 2. The molecule has 0 aliphatic rings. The minimum atomic E-state index is -1.46. The molecule has 0 atom stereocenters. The molecular weight excluding hydrogens is 290 g/mol. The Morgan fingerprint density at radius 1 is 1.21 bits per heavy atom. The van der Waals surface area contributed by atoms with Crippen molar-refractivity contribution in [1.29, 1.82) is 0 Å². The van der Waals surface area contributed by atoms with Crippen molar-refractivity contribution in [3.8, 4) is 5.75 Å². The number of hydrogen-bond donors (Lipinski definition) is 2. The number of aromatic hydroxyl groups is 1. The van der Waals surface area contributed by atoms with E-state index in [2.05, 4.69) is 5.32 Å². The molecule has 9 N–H and O–H groups in total. The van der Waals surface area contributed by atoms with Crippen molar-refractivity contribution in [2.75, 3.05) is 5.32 Å². The molecule has 0 unspecified atom stereocenters. The van der Waals surface area contributed by atoms with Crippen molar-refractivity contribution < 1.29 is 41.7 Å². The molecule has 0 fully saturated rings. The Hall–Kier alpha value is -0.940. The summed E-state index contributed by atoms with van der Waals surface area (Å²) in [5.74, 6) is -2.20. The number of aromatic carboxylic acids is 1. The van der Waals surface area contributed by atoms with E-state index in [0.29, 0.717) is 5.69 Å². The monoisotopic (exact) mass is 305 g/mol. The van der Waals surface area contributed by atoms with E-state index >= 15 is 0 Å². The second kappa shape index (κ2) is 13.5. The summed E-state index contributed by atoms with van der Waals surface area (Å²) in [6.07, 6.45) is 0. The number of carboxylic acid groups (broad SMARTS) is 1. The number of anilines is 1. The molecule has 9 nitrogen and oxygen atoms in total. The normalized spacial score (nSPS) is 7.00. The number of benzene rings is 1. The first-order valence-electron chi connectivity index (χ1n) is 3.82. The number of nitrogens with one attached hydrogen (secondary N) is 1. The fourth-order valence-electron chi connectivity index (χ4n) is 0.985. The van der Waals surface area contributed by atoms with Crippen LogP contribution in [0.1, 0.15) is 17.3 Å². The molecule has 1 amide bonds. The Labute approximate surface area is 138 Å². The quantitative estimate of drug-likeness (QED) is 0.534. The fourth-order valence-corrected chi connectivity index (χ4v) is 0.985. The molecule has 0 saturated heterocycles. The van der Waals surface area contributed by atoms with E-state index in [1.165, 1.54) is 13.0 Å². The minimum absolute atomic E-state index is 0. The van der Waals surface area contributed by atoms with Crippen LogP contribution in [0, 0.1) is 0 Å². The van der Waals surface area contributed by atoms with Gasteiger partial charge in [-0.05, 0) is 12.1 Å². The average Bonchev–Trinajstić information content (AvgIpc) is 2.01. The van der Waals surface area contributed by atoms with Gasteiger partial charge in [-0.2, -0.15) is 0 Å². The van der Waals surface area contributed by atoms with E-state index < -0.39 is 11.7 Å². The van der Waals surface area contributed by atoms with Crippen LogP contribution in [0.2, 0.25) is 0 Å². The number of carbonyl (C=O) groups excluding carboxylic acids is 2. The first-order valence-corrected chi connectivity index (χ1v) is 3.82. The molecule has 0 radical (unpaired) electrons. The van der Waals surface area contributed by atoms with Gasteiger partial charge in [0.05, 0.1) is 5.97 Å². The van der Waals surface area contributed by atoms with Crippen LogP contribution in [0.15, 0.2) is 18.2 Å². The van der Waals surface area contributed by atoms with Gasteiger partial charge >= 0.3 is 37.7 Å². The smallest absolute Gasteiger partial charge is 0.870 e. The molecule has 1 aromatic carbocycles. The van der Waals surface area contributed by atoms with Crippen LogP contribution in [-0.2, 0) is 4.79 Å². The molecule has 0 aromatic heterocycles. The molecule has 1 rings (SSSR count). The predicted molar refractivity (Wildman–Crippen MR) is 65.3 cm³/mol. The van der Waals surface area contributed by atoms with Crippen molar-refractivity contribution in [1.82, 2.24) is 0 Å². The maximum Gasteiger partial charge on any atom is 2.00 e. The van der Waals surface area contributed by atoms with Crippen molar-refractivity contribution in [2.24, 2.45) is 0 Å². The van der Waals surface area contributed by atoms with E-state index in [0.717, 1.165) is 12.1 Å². The molecule has 0 heterocycles. The van der Waals surface area contributed by atoms with Crippen LogP contribution in [0.4, 0.5) is 5.69 Å². The van der Waals surface area contributed by atoms with E-state index in [-0.39, 0.29) is 71.1 Å². The predicted octanol–water partition coefficient (Wildman–Crippen LogP) is -3.32. The summed E-state index contributed by atoms with van der Waals surface area (Å²) >= 11 is 0. The van der Waals surface area contributed by atoms with Crippen LogP contribution in [-0.4, -0.2) is 76.6 Å². The Morgan fingerprint density at radius 3 is 2.00 bits per heavy atom. The molecule has 106 valence electrons. The van der Waals surface area contributed by atoms with Crippen molar-refractivity contribution >= 4 is 55.3 Å². The molecule has 0 bridgehead atoms. The van der Waals surface area contributed by atoms with Gasteiger partial charge in [0.25, 0.3) is 0 Å². The topological polar surface area (TPSA) is 214 Å². The van der Waals surface area contributed by atoms with Gasteiger partial charge in [0.2, 0.25) is 5.91 Å². The molecule has 0 saturated carbocycles. The maximum atomic E-state index is 10.6. The molecule has 19 heavy (non-hydrogen) atoms. The maximum absolute atomic E-state index is 10.6. The van der Waals surface area contributed by atoms with Crippen LogP contribution in [0.3, 0.4) is 0 Å². The van der Waals surface area contributed by atoms with Gasteiger partial charge in [0.1, 0.15) is 5.75 Å². The Kier molecular flexibility index (Phi) is 21.9. The van der Waals surface area contributed by atoms with Gasteiger partial charge in [-0.1, -0.05) is 0 Å². The molecule has 10 heteroatoms. The molecule has 1 aromatic rings. The zero-order valence-electron chi connectivity index (χ0n) is 10.1. The summed E-state index contributed by atoms with van der Waals surface area (Å²) in [4.78, 5) is 21.0. The molecule has 0 spiro atoms. The Balaban J connectivity index is -0.000000131. The first kappa shape index (κ1) is 30.8. The zero-order valence-corrected chi connectivity index (χ0v) is 12.3. The first-order chi connectivity index (χ1) is 6.50. The molecule has 0 aliphatic carbocycles. The third-order valence-corrected chi connectivity index (χ3v) is 1.54. The third kappa shape index (κ3) is 9.62. The minimum Gasteiger partial charge on any atom is -0.870 e. The number of hydrogen-bond acceptors (Lipinski definition) is 5. The van der Waals surface area contributed by atoms with E-state index in [1.54, 1.807) is 0 Å². The van der Waals surface area contributed by atoms with Gasteiger partial charge in [-0.25, -0.2) is 0 Å². The van der Waals surface area contributed by atoms with Gasteiger partial charge < -0.3 is 42.2 Å². The zero-order chi connectivity index (χ0) is 10.7. The van der Waals surface area contributed by atoms with Crippen LogP contribution in [0.25, 0.3) is 0 Å². The van der Waals surface area contributed by atoms with E-state index in [9.17, 15) is 19.8 Å². The van der Waals surface area contributed by atoms with E-state index in [4.69, 9.17) is 0 Å². The summed E-state index contributed by atoms with van der Waals surface area (Å²) in [5, 5.41) is 22.0.